The third-order valence-corrected chi connectivity index (χ3v) is 6.11. The molecule has 0 aliphatic carbocycles. The van der Waals surface area contributed by atoms with Crippen molar-refractivity contribution in [2.24, 2.45) is 5.73 Å². The first-order chi connectivity index (χ1) is 15.6. The maximum atomic E-state index is 13.2. The van der Waals surface area contributed by atoms with E-state index in [9.17, 15) is 14.7 Å². The van der Waals surface area contributed by atoms with E-state index >= 15 is 0 Å². The fourth-order valence-electron chi connectivity index (χ4n) is 4.53. The highest BCUT2D eigenvalue weighted by Crippen LogP contribution is 2.42. The molecule has 9 nitrogen and oxygen atoms in total. The van der Waals surface area contributed by atoms with E-state index in [1.165, 1.54) is 0 Å². The number of aromatic nitrogens is 2. The van der Waals surface area contributed by atoms with Crippen LogP contribution in [-0.2, 0) is 22.7 Å². The van der Waals surface area contributed by atoms with Gasteiger partial charge in [0.2, 0.25) is 6.79 Å². The Balaban J connectivity index is 1.62. The SMILES string of the molecule is NCC/C=C/c1c2c(nc3cc4c(cc13)OCO4)-c1cc3c(c(=O)n1C2)COC(=O)[C@H]3O. The molecule has 0 amide bonds. The number of hydrogen-bond donors (Lipinski definition) is 2. The molecule has 3 N–H and O–H groups in total. The van der Waals surface area contributed by atoms with Crippen molar-refractivity contribution in [3.63, 3.8) is 0 Å². The van der Waals surface area contributed by atoms with Gasteiger partial charge in [0.15, 0.2) is 17.6 Å². The lowest BCUT2D eigenvalue weighted by molar-refractivity contribution is -0.157. The zero-order valence-electron chi connectivity index (χ0n) is 17.0. The molecule has 9 heteroatoms. The number of hydrogen-bond acceptors (Lipinski definition) is 8. The van der Waals surface area contributed by atoms with E-state index in [2.05, 4.69) is 0 Å². The molecule has 3 aliphatic heterocycles. The highest BCUT2D eigenvalue weighted by molar-refractivity contribution is 5.95. The molecule has 6 rings (SSSR count). The average molecular weight is 433 g/mol. The third kappa shape index (κ3) is 2.61. The largest absolute Gasteiger partial charge is 0.458 e. The summed E-state index contributed by atoms with van der Waals surface area (Å²) in [6.45, 7) is 0.843. The van der Waals surface area contributed by atoms with Crippen LogP contribution in [0.15, 0.2) is 29.1 Å². The van der Waals surface area contributed by atoms with Gasteiger partial charge in [0.1, 0.15) is 6.61 Å². The lowest BCUT2D eigenvalue weighted by Gasteiger charge is -2.21. The first-order valence-corrected chi connectivity index (χ1v) is 10.3. The van der Waals surface area contributed by atoms with E-state index in [0.717, 1.165) is 16.5 Å². The molecular weight excluding hydrogens is 414 g/mol. The van der Waals surface area contributed by atoms with Crippen LogP contribution in [0.1, 0.15) is 34.8 Å². The molecule has 3 aromatic rings. The molecule has 2 aromatic heterocycles. The van der Waals surface area contributed by atoms with Gasteiger partial charge in [-0.1, -0.05) is 12.2 Å². The summed E-state index contributed by atoms with van der Waals surface area (Å²) >= 11 is 0. The van der Waals surface area contributed by atoms with Crippen LogP contribution in [0.3, 0.4) is 0 Å². The van der Waals surface area contributed by atoms with Crippen LogP contribution in [-0.4, -0.2) is 34.0 Å². The van der Waals surface area contributed by atoms with Gasteiger partial charge >= 0.3 is 5.97 Å². The van der Waals surface area contributed by atoms with Crippen LogP contribution in [0, 0.1) is 0 Å². The van der Waals surface area contributed by atoms with Crippen molar-refractivity contribution in [2.75, 3.05) is 13.3 Å². The fourth-order valence-corrected chi connectivity index (χ4v) is 4.53. The number of aliphatic hydroxyl groups excluding tert-OH is 1. The van der Waals surface area contributed by atoms with Gasteiger partial charge in [0.05, 0.1) is 29.0 Å². The summed E-state index contributed by atoms with van der Waals surface area (Å²) in [4.78, 5) is 29.9. The number of carbonyl (C=O) groups is 1. The lowest BCUT2D eigenvalue weighted by Crippen LogP contribution is -2.32. The molecule has 162 valence electrons. The predicted molar refractivity (Wildman–Crippen MR) is 114 cm³/mol. The predicted octanol–water partition coefficient (Wildman–Crippen LogP) is 1.61. The molecule has 0 saturated carbocycles. The number of nitrogens with two attached hydrogens (primary N) is 1. The topological polar surface area (TPSA) is 126 Å². The Morgan fingerprint density at radius 2 is 1.97 bits per heavy atom. The van der Waals surface area contributed by atoms with Crippen molar-refractivity contribution in [3.05, 3.63) is 56.9 Å². The van der Waals surface area contributed by atoms with Crippen LogP contribution in [0.4, 0.5) is 0 Å². The summed E-state index contributed by atoms with van der Waals surface area (Å²) in [7, 11) is 0. The molecule has 0 spiro atoms. The Morgan fingerprint density at radius 3 is 2.78 bits per heavy atom. The van der Waals surface area contributed by atoms with Gasteiger partial charge in [-0.05, 0) is 30.7 Å². The molecule has 1 aromatic carbocycles. The van der Waals surface area contributed by atoms with Crippen LogP contribution < -0.4 is 20.8 Å². The zero-order valence-corrected chi connectivity index (χ0v) is 17.0. The van der Waals surface area contributed by atoms with E-state index in [1.54, 1.807) is 10.6 Å². The normalized spacial score (nSPS) is 18.1. The van der Waals surface area contributed by atoms with E-state index in [0.29, 0.717) is 53.5 Å². The maximum absolute atomic E-state index is 13.2. The highest BCUT2D eigenvalue weighted by Gasteiger charge is 2.34. The molecule has 0 radical (unpaired) electrons. The number of carbonyl (C=O) groups excluding carboxylic acids is 1. The van der Waals surface area contributed by atoms with Crippen molar-refractivity contribution in [1.82, 2.24) is 9.55 Å². The minimum absolute atomic E-state index is 0.152. The monoisotopic (exact) mass is 433 g/mol. The Labute approximate surface area is 181 Å². The number of ether oxygens (including phenoxy) is 3. The van der Waals surface area contributed by atoms with Crippen LogP contribution in [0.2, 0.25) is 0 Å². The lowest BCUT2D eigenvalue weighted by atomic mass is 9.98. The molecule has 5 heterocycles. The van der Waals surface area contributed by atoms with Gasteiger partial charge in [-0.2, -0.15) is 0 Å². The van der Waals surface area contributed by atoms with Gasteiger partial charge in [0, 0.05) is 22.6 Å². The minimum atomic E-state index is -1.49. The molecule has 0 fully saturated rings. The molecule has 32 heavy (non-hydrogen) atoms. The molecular formula is C23H19N3O6. The van der Waals surface area contributed by atoms with Crippen molar-refractivity contribution in [2.45, 2.75) is 25.7 Å². The number of rotatable bonds is 3. The molecule has 0 bridgehead atoms. The summed E-state index contributed by atoms with van der Waals surface area (Å²) in [6.07, 6.45) is 3.21. The van der Waals surface area contributed by atoms with Gasteiger partial charge < -0.3 is 29.6 Å². The fraction of sp³-hybridized carbons (Fsp3) is 0.261. The van der Waals surface area contributed by atoms with Crippen molar-refractivity contribution < 1.29 is 24.1 Å². The average Bonchev–Trinajstić information content (AvgIpc) is 3.39. The van der Waals surface area contributed by atoms with Crippen molar-refractivity contribution in [1.29, 1.82) is 0 Å². The molecule has 1 atom stereocenters. The van der Waals surface area contributed by atoms with Gasteiger partial charge in [-0.3, -0.25) is 4.79 Å². The van der Waals surface area contributed by atoms with Gasteiger partial charge in [0.25, 0.3) is 5.56 Å². The minimum Gasteiger partial charge on any atom is -0.458 e. The van der Waals surface area contributed by atoms with E-state index in [4.69, 9.17) is 24.9 Å². The second-order valence-corrected chi connectivity index (χ2v) is 7.92. The van der Waals surface area contributed by atoms with Crippen LogP contribution in [0.5, 0.6) is 11.5 Å². The van der Waals surface area contributed by atoms with E-state index in [1.807, 2.05) is 24.3 Å². The number of pyridine rings is 2. The second kappa shape index (κ2) is 6.91. The summed E-state index contributed by atoms with van der Waals surface area (Å²) in [5, 5.41) is 11.2. The first kappa shape index (κ1) is 19.0. The molecule has 0 saturated heterocycles. The number of cyclic esters (lactones) is 1. The molecule has 3 aliphatic rings. The number of esters is 1. The Morgan fingerprint density at radius 1 is 1.16 bits per heavy atom. The Hall–Kier alpha value is -3.69. The van der Waals surface area contributed by atoms with Crippen LogP contribution >= 0.6 is 0 Å². The smallest absolute Gasteiger partial charge is 0.340 e. The third-order valence-electron chi connectivity index (χ3n) is 6.11. The number of aliphatic hydroxyl groups is 1. The second-order valence-electron chi connectivity index (χ2n) is 7.92. The van der Waals surface area contributed by atoms with Crippen molar-refractivity contribution in [3.8, 4) is 22.9 Å². The van der Waals surface area contributed by atoms with E-state index < -0.39 is 12.1 Å². The zero-order chi connectivity index (χ0) is 22.0. The molecule has 0 unspecified atom stereocenters. The van der Waals surface area contributed by atoms with Gasteiger partial charge in [-0.15, -0.1) is 0 Å². The summed E-state index contributed by atoms with van der Waals surface area (Å²) < 4.78 is 17.6. The maximum Gasteiger partial charge on any atom is 0.340 e. The number of fused-ring (bicyclic) bond motifs is 6. The Bertz CT molecular complexity index is 1410. The first-order valence-electron chi connectivity index (χ1n) is 10.3. The van der Waals surface area contributed by atoms with Crippen LogP contribution in [0.25, 0.3) is 28.4 Å². The standard InChI is InChI=1S/C23H19N3O6/c24-4-2-1-3-11-12-6-18-19(32-10-31-18)7-16(12)25-20-14(11)8-26-17(20)5-13-15(22(26)28)9-30-23(29)21(13)27/h1,3,5-7,21,27H,2,4,8-10,24H2/b3-1+/t21-/m0/s1. The highest BCUT2D eigenvalue weighted by atomic mass is 16.7. The quantitative estimate of drug-likeness (QED) is 0.467. The summed E-state index contributed by atoms with van der Waals surface area (Å²) in [5.74, 6) is 0.500. The van der Waals surface area contributed by atoms with E-state index in [-0.39, 0.29) is 24.5 Å². The number of benzene rings is 1. The summed E-state index contributed by atoms with van der Waals surface area (Å²) in [5.41, 5.74) is 9.63. The van der Waals surface area contributed by atoms with Crippen molar-refractivity contribution >= 4 is 22.9 Å². The summed E-state index contributed by atoms with van der Waals surface area (Å²) in [6, 6.07) is 5.40. The Kier molecular flexibility index (Phi) is 4.11. The van der Waals surface area contributed by atoms with Gasteiger partial charge in [-0.25, -0.2) is 9.78 Å². The number of nitrogens with zero attached hydrogens (tertiary/aromatic N) is 2.